The number of hydrogen-bond donors (Lipinski definition) is 1. The Morgan fingerprint density at radius 2 is 2.14 bits per heavy atom. The molecule has 0 spiro atoms. The first-order chi connectivity index (χ1) is 10.6. The summed E-state index contributed by atoms with van der Waals surface area (Å²) in [7, 11) is 1.87. The Kier molecular flexibility index (Phi) is 6.37. The molecule has 1 N–H and O–H groups in total. The highest BCUT2D eigenvalue weighted by atomic mass is 19.1. The Labute approximate surface area is 132 Å². The third-order valence-corrected chi connectivity index (χ3v) is 4.51. The molecule has 4 heteroatoms. The molecule has 1 amide bonds. The molecule has 0 aromatic heterocycles. The molecule has 1 saturated carbocycles. The third-order valence-electron chi connectivity index (χ3n) is 4.51. The van der Waals surface area contributed by atoms with Gasteiger partial charge in [-0.1, -0.05) is 31.9 Å². The maximum Gasteiger partial charge on any atom is 0.226 e. The molecule has 0 saturated heterocycles. The van der Waals surface area contributed by atoms with Crippen molar-refractivity contribution < 1.29 is 9.18 Å². The van der Waals surface area contributed by atoms with Gasteiger partial charge in [-0.3, -0.25) is 4.79 Å². The number of halogens is 1. The summed E-state index contributed by atoms with van der Waals surface area (Å²) in [5, 5.41) is 3.08. The maximum absolute atomic E-state index is 13.3. The Balaban J connectivity index is 2.02. The molecule has 2 rings (SSSR count). The minimum absolute atomic E-state index is 0.0156. The molecule has 1 aromatic rings. The fourth-order valence-electron chi connectivity index (χ4n) is 3.31. The molecule has 1 unspecified atom stereocenters. The third kappa shape index (κ3) is 4.54. The van der Waals surface area contributed by atoms with Crippen molar-refractivity contribution in [1.29, 1.82) is 0 Å². The molecule has 1 aliphatic rings. The van der Waals surface area contributed by atoms with E-state index in [-0.39, 0.29) is 17.6 Å². The lowest BCUT2D eigenvalue weighted by atomic mass is 10.1. The van der Waals surface area contributed by atoms with Gasteiger partial charge in [0.25, 0.3) is 0 Å². The van der Waals surface area contributed by atoms with Gasteiger partial charge in [0, 0.05) is 25.0 Å². The SMILES string of the molecule is CNCC(C)C(=O)N(CCc1cccc(F)c1)C1CCCC1. The minimum Gasteiger partial charge on any atom is -0.339 e. The largest absolute Gasteiger partial charge is 0.339 e. The van der Waals surface area contributed by atoms with Gasteiger partial charge in [-0.05, 0) is 44.0 Å². The molecule has 1 aromatic carbocycles. The number of hydrogen-bond acceptors (Lipinski definition) is 2. The summed E-state index contributed by atoms with van der Waals surface area (Å²) in [5.41, 5.74) is 0.956. The second kappa shape index (κ2) is 8.28. The Morgan fingerprint density at radius 1 is 1.41 bits per heavy atom. The number of amides is 1. The van der Waals surface area contributed by atoms with Crippen molar-refractivity contribution in [2.24, 2.45) is 5.92 Å². The second-order valence-corrected chi connectivity index (χ2v) is 6.31. The van der Waals surface area contributed by atoms with Crippen LogP contribution in [0.1, 0.15) is 38.2 Å². The summed E-state index contributed by atoms with van der Waals surface area (Å²) < 4.78 is 13.3. The number of carbonyl (C=O) groups is 1. The van der Waals surface area contributed by atoms with Crippen molar-refractivity contribution >= 4 is 5.91 Å². The molecule has 1 aliphatic carbocycles. The van der Waals surface area contributed by atoms with E-state index in [1.807, 2.05) is 24.9 Å². The number of carbonyl (C=O) groups excluding carboxylic acids is 1. The van der Waals surface area contributed by atoms with E-state index >= 15 is 0 Å². The van der Waals surface area contributed by atoms with Crippen LogP contribution in [0.3, 0.4) is 0 Å². The van der Waals surface area contributed by atoms with E-state index in [4.69, 9.17) is 0 Å². The molecule has 0 heterocycles. The zero-order valence-corrected chi connectivity index (χ0v) is 13.6. The van der Waals surface area contributed by atoms with E-state index in [0.717, 1.165) is 18.4 Å². The Morgan fingerprint density at radius 3 is 2.77 bits per heavy atom. The Hall–Kier alpha value is -1.42. The van der Waals surface area contributed by atoms with Gasteiger partial charge in [-0.15, -0.1) is 0 Å². The van der Waals surface area contributed by atoms with Crippen molar-refractivity contribution in [2.45, 2.75) is 45.1 Å². The molecule has 1 atom stereocenters. The van der Waals surface area contributed by atoms with E-state index in [0.29, 0.717) is 25.6 Å². The second-order valence-electron chi connectivity index (χ2n) is 6.31. The minimum atomic E-state index is -0.209. The quantitative estimate of drug-likeness (QED) is 0.840. The number of nitrogens with zero attached hydrogens (tertiary/aromatic N) is 1. The molecule has 3 nitrogen and oxygen atoms in total. The van der Waals surface area contributed by atoms with Crippen LogP contribution in [0.2, 0.25) is 0 Å². The molecule has 1 fully saturated rings. The lowest BCUT2D eigenvalue weighted by Crippen LogP contribution is -2.44. The van der Waals surface area contributed by atoms with E-state index in [2.05, 4.69) is 5.32 Å². The summed E-state index contributed by atoms with van der Waals surface area (Å²) in [6.45, 7) is 3.35. The van der Waals surface area contributed by atoms with Crippen molar-refractivity contribution in [1.82, 2.24) is 10.2 Å². The molecule has 0 aliphatic heterocycles. The van der Waals surface area contributed by atoms with Crippen LogP contribution in [0.15, 0.2) is 24.3 Å². The lowest BCUT2D eigenvalue weighted by Gasteiger charge is -2.31. The standard InChI is InChI=1S/C18H27FN2O/c1-14(13-20-2)18(22)21(17-8-3-4-9-17)11-10-15-6-5-7-16(19)12-15/h5-7,12,14,17,20H,3-4,8-11,13H2,1-2H3. The molecule has 0 radical (unpaired) electrons. The highest BCUT2D eigenvalue weighted by Gasteiger charge is 2.28. The average Bonchev–Trinajstić information content (AvgIpc) is 3.01. The van der Waals surface area contributed by atoms with Gasteiger partial charge in [0.15, 0.2) is 0 Å². The fourth-order valence-corrected chi connectivity index (χ4v) is 3.31. The van der Waals surface area contributed by atoms with Crippen LogP contribution in [0.5, 0.6) is 0 Å². The van der Waals surface area contributed by atoms with Crippen LogP contribution in [0, 0.1) is 11.7 Å². The first-order valence-electron chi connectivity index (χ1n) is 8.31. The molecule has 122 valence electrons. The topological polar surface area (TPSA) is 32.3 Å². The predicted octanol–water partition coefficient (Wildman–Crippen LogP) is 2.99. The summed E-state index contributed by atoms with van der Waals surface area (Å²) in [5.74, 6) is -0.00411. The Bertz CT molecular complexity index is 486. The zero-order valence-electron chi connectivity index (χ0n) is 13.6. The van der Waals surface area contributed by atoms with Gasteiger partial charge in [0.2, 0.25) is 5.91 Å². The number of nitrogens with one attached hydrogen (secondary N) is 1. The van der Waals surface area contributed by atoms with Crippen molar-refractivity contribution in [3.8, 4) is 0 Å². The number of rotatable bonds is 7. The van der Waals surface area contributed by atoms with Crippen LogP contribution in [0.25, 0.3) is 0 Å². The summed E-state index contributed by atoms with van der Waals surface area (Å²) >= 11 is 0. The molecular weight excluding hydrogens is 279 g/mol. The van der Waals surface area contributed by atoms with Gasteiger partial charge in [0.05, 0.1) is 0 Å². The van der Waals surface area contributed by atoms with E-state index in [1.165, 1.54) is 18.9 Å². The monoisotopic (exact) mass is 306 g/mol. The fraction of sp³-hybridized carbons (Fsp3) is 0.611. The predicted molar refractivity (Wildman–Crippen MR) is 87.2 cm³/mol. The van der Waals surface area contributed by atoms with Crippen molar-refractivity contribution in [3.63, 3.8) is 0 Å². The number of benzene rings is 1. The van der Waals surface area contributed by atoms with Gasteiger partial charge >= 0.3 is 0 Å². The van der Waals surface area contributed by atoms with Crippen molar-refractivity contribution in [3.05, 3.63) is 35.6 Å². The smallest absolute Gasteiger partial charge is 0.226 e. The van der Waals surface area contributed by atoms with Crippen molar-refractivity contribution in [2.75, 3.05) is 20.1 Å². The zero-order chi connectivity index (χ0) is 15.9. The van der Waals surface area contributed by atoms with Gasteiger partial charge < -0.3 is 10.2 Å². The highest BCUT2D eigenvalue weighted by molar-refractivity contribution is 5.79. The van der Waals surface area contributed by atoms with Gasteiger partial charge in [-0.25, -0.2) is 4.39 Å². The molecule has 0 bridgehead atoms. The molecule has 22 heavy (non-hydrogen) atoms. The lowest BCUT2D eigenvalue weighted by molar-refractivity contribution is -0.137. The first-order valence-corrected chi connectivity index (χ1v) is 8.31. The summed E-state index contributed by atoms with van der Waals surface area (Å²) in [6, 6.07) is 7.04. The van der Waals surface area contributed by atoms with Crippen LogP contribution in [-0.2, 0) is 11.2 Å². The normalized spacial score (nSPS) is 16.7. The van der Waals surface area contributed by atoms with E-state index in [1.54, 1.807) is 12.1 Å². The van der Waals surface area contributed by atoms with E-state index in [9.17, 15) is 9.18 Å². The van der Waals surface area contributed by atoms with Crippen LogP contribution in [-0.4, -0.2) is 37.0 Å². The maximum atomic E-state index is 13.3. The summed E-state index contributed by atoms with van der Waals surface area (Å²) in [4.78, 5) is 14.8. The molecular formula is C18H27FN2O. The van der Waals surface area contributed by atoms with Crippen LogP contribution < -0.4 is 5.32 Å². The van der Waals surface area contributed by atoms with Crippen LogP contribution in [0.4, 0.5) is 4.39 Å². The highest BCUT2D eigenvalue weighted by Crippen LogP contribution is 2.25. The first kappa shape index (κ1) is 16.9. The van der Waals surface area contributed by atoms with Gasteiger partial charge in [-0.2, -0.15) is 0 Å². The summed E-state index contributed by atoms with van der Waals surface area (Å²) in [6.07, 6.45) is 5.32. The van der Waals surface area contributed by atoms with Gasteiger partial charge in [0.1, 0.15) is 5.82 Å². The van der Waals surface area contributed by atoms with E-state index < -0.39 is 0 Å². The average molecular weight is 306 g/mol. The van der Waals surface area contributed by atoms with Crippen LogP contribution >= 0.6 is 0 Å².